The molecule has 7 nitrogen and oxygen atoms in total. The van der Waals surface area contributed by atoms with Crippen molar-refractivity contribution in [2.75, 3.05) is 25.5 Å². The van der Waals surface area contributed by atoms with Crippen LogP contribution in [0.25, 0.3) is 0 Å². The lowest BCUT2D eigenvalue weighted by molar-refractivity contribution is 0.102. The Hall–Kier alpha value is -2.36. The Bertz CT molecular complexity index is 920. The van der Waals surface area contributed by atoms with E-state index in [1.54, 1.807) is 7.11 Å². The SMILES string of the molecule is CO[C@@H]1CCN(S(=O)(=O)c2cccc(C(=O)Nc3cncc(F)c3)c2)C1. The van der Waals surface area contributed by atoms with Crippen molar-refractivity contribution in [2.45, 2.75) is 17.4 Å². The first-order valence-corrected chi connectivity index (χ1v) is 9.39. The number of halogens is 1. The number of aromatic nitrogens is 1. The minimum absolute atomic E-state index is 0.0271. The van der Waals surface area contributed by atoms with Gasteiger partial charge in [0.05, 0.1) is 29.1 Å². The van der Waals surface area contributed by atoms with Crippen LogP contribution in [0.1, 0.15) is 16.8 Å². The number of benzene rings is 1. The van der Waals surface area contributed by atoms with Crippen LogP contribution in [-0.4, -0.2) is 49.9 Å². The van der Waals surface area contributed by atoms with Crippen molar-refractivity contribution in [1.82, 2.24) is 9.29 Å². The lowest BCUT2D eigenvalue weighted by Gasteiger charge is -2.16. The second-order valence-corrected chi connectivity index (χ2v) is 7.82. The van der Waals surface area contributed by atoms with Gasteiger partial charge in [0, 0.05) is 31.8 Å². The summed E-state index contributed by atoms with van der Waals surface area (Å²) in [6, 6.07) is 6.85. The largest absolute Gasteiger partial charge is 0.380 e. The van der Waals surface area contributed by atoms with Gasteiger partial charge < -0.3 is 10.1 Å². The molecule has 1 amide bonds. The number of rotatable bonds is 5. The highest BCUT2D eigenvalue weighted by molar-refractivity contribution is 7.89. The fraction of sp³-hybridized carbons (Fsp3) is 0.294. The average Bonchev–Trinajstić information content (AvgIpc) is 3.12. The van der Waals surface area contributed by atoms with Gasteiger partial charge in [0.15, 0.2) is 0 Å². The van der Waals surface area contributed by atoms with Gasteiger partial charge >= 0.3 is 0 Å². The Morgan fingerprint density at radius 2 is 2.15 bits per heavy atom. The Morgan fingerprint density at radius 3 is 2.85 bits per heavy atom. The van der Waals surface area contributed by atoms with Gasteiger partial charge in [-0.15, -0.1) is 0 Å². The minimum atomic E-state index is -3.72. The van der Waals surface area contributed by atoms with Crippen LogP contribution in [0.2, 0.25) is 0 Å². The molecule has 1 N–H and O–H groups in total. The normalized spacial score (nSPS) is 18.0. The predicted molar refractivity (Wildman–Crippen MR) is 92.8 cm³/mol. The van der Waals surface area contributed by atoms with Gasteiger partial charge in [-0.05, 0) is 24.6 Å². The maximum atomic E-state index is 13.2. The summed E-state index contributed by atoms with van der Waals surface area (Å²) in [5, 5.41) is 2.49. The molecular weight excluding hydrogens is 361 g/mol. The number of methoxy groups -OCH3 is 1. The number of anilines is 1. The molecule has 0 bridgehead atoms. The number of carbonyl (C=O) groups is 1. The van der Waals surface area contributed by atoms with Crippen molar-refractivity contribution in [3.63, 3.8) is 0 Å². The number of pyridine rings is 1. The van der Waals surface area contributed by atoms with Gasteiger partial charge in [-0.2, -0.15) is 4.31 Å². The molecule has 1 atom stereocenters. The molecule has 0 spiro atoms. The van der Waals surface area contributed by atoms with E-state index in [4.69, 9.17) is 4.74 Å². The van der Waals surface area contributed by atoms with Crippen LogP contribution >= 0.6 is 0 Å². The number of nitrogens with zero attached hydrogens (tertiary/aromatic N) is 2. The zero-order chi connectivity index (χ0) is 18.7. The molecular formula is C17H18FN3O4S. The third kappa shape index (κ3) is 3.90. The molecule has 1 aromatic carbocycles. The predicted octanol–water partition coefficient (Wildman–Crippen LogP) is 1.88. The summed E-state index contributed by atoms with van der Waals surface area (Å²) in [5.74, 6) is -1.13. The summed E-state index contributed by atoms with van der Waals surface area (Å²) in [6.45, 7) is 0.649. The molecule has 1 saturated heterocycles. The number of nitrogens with one attached hydrogen (secondary N) is 1. The second-order valence-electron chi connectivity index (χ2n) is 5.88. The maximum Gasteiger partial charge on any atom is 0.255 e. The average molecular weight is 379 g/mol. The fourth-order valence-corrected chi connectivity index (χ4v) is 4.27. The molecule has 9 heteroatoms. The second kappa shape index (κ2) is 7.48. The zero-order valence-corrected chi connectivity index (χ0v) is 14.9. The topological polar surface area (TPSA) is 88.6 Å². The number of carbonyl (C=O) groups excluding carboxylic acids is 1. The number of hydrogen-bond donors (Lipinski definition) is 1. The summed E-state index contributed by atoms with van der Waals surface area (Å²) in [7, 11) is -2.17. The molecule has 0 unspecified atom stereocenters. The van der Waals surface area contributed by atoms with E-state index in [2.05, 4.69) is 10.3 Å². The van der Waals surface area contributed by atoms with Crippen molar-refractivity contribution in [3.8, 4) is 0 Å². The molecule has 138 valence electrons. The van der Waals surface area contributed by atoms with Gasteiger partial charge in [-0.3, -0.25) is 9.78 Å². The van der Waals surface area contributed by atoms with E-state index in [9.17, 15) is 17.6 Å². The lowest BCUT2D eigenvalue weighted by Crippen LogP contribution is -2.30. The minimum Gasteiger partial charge on any atom is -0.380 e. The lowest BCUT2D eigenvalue weighted by atomic mass is 10.2. The Kier molecular flexibility index (Phi) is 5.30. The molecule has 1 aromatic heterocycles. The first-order valence-electron chi connectivity index (χ1n) is 7.95. The highest BCUT2D eigenvalue weighted by atomic mass is 32.2. The number of ether oxygens (including phenoxy) is 1. The van der Waals surface area contributed by atoms with Crippen LogP contribution < -0.4 is 5.32 Å². The first kappa shape index (κ1) is 18.4. The number of hydrogen-bond acceptors (Lipinski definition) is 5. The van der Waals surface area contributed by atoms with Crippen molar-refractivity contribution >= 4 is 21.6 Å². The van der Waals surface area contributed by atoms with E-state index in [-0.39, 0.29) is 28.8 Å². The van der Waals surface area contributed by atoms with Crippen LogP contribution in [0.15, 0.2) is 47.6 Å². The molecule has 1 aliphatic rings. The van der Waals surface area contributed by atoms with Gasteiger partial charge in [0.25, 0.3) is 5.91 Å². The van der Waals surface area contributed by atoms with Crippen molar-refractivity contribution in [1.29, 1.82) is 0 Å². The Balaban J connectivity index is 1.80. The highest BCUT2D eigenvalue weighted by Crippen LogP contribution is 2.23. The van der Waals surface area contributed by atoms with Crippen LogP contribution in [0.5, 0.6) is 0 Å². The molecule has 2 heterocycles. The molecule has 1 fully saturated rings. The maximum absolute atomic E-state index is 13.2. The smallest absolute Gasteiger partial charge is 0.255 e. The van der Waals surface area contributed by atoms with Crippen molar-refractivity contribution in [2.24, 2.45) is 0 Å². The molecule has 0 saturated carbocycles. The molecule has 2 aromatic rings. The van der Waals surface area contributed by atoms with Crippen LogP contribution in [-0.2, 0) is 14.8 Å². The molecule has 26 heavy (non-hydrogen) atoms. The fourth-order valence-electron chi connectivity index (χ4n) is 2.74. The summed E-state index contributed by atoms with van der Waals surface area (Å²) in [5.41, 5.74) is 0.337. The summed E-state index contributed by atoms with van der Waals surface area (Å²) < 4.78 is 45.2. The Morgan fingerprint density at radius 1 is 1.35 bits per heavy atom. The highest BCUT2D eigenvalue weighted by Gasteiger charge is 2.32. The van der Waals surface area contributed by atoms with Gasteiger partial charge in [-0.25, -0.2) is 12.8 Å². The van der Waals surface area contributed by atoms with Crippen molar-refractivity contribution < 1.29 is 22.3 Å². The monoisotopic (exact) mass is 379 g/mol. The third-order valence-electron chi connectivity index (χ3n) is 4.14. The zero-order valence-electron chi connectivity index (χ0n) is 14.1. The van der Waals surface area contributed by atoms with E-state index in [1.165, 1.54) is 34.8 Å². The third-order valence-corrected chi connectivity index (χ3v) is 6.00. The van der Waals surface area contributed by atoms with Crippen LogP contribution in [0, 0.1) is 5.82 Å². The molecule has 0 aliphatic carbocycles. The number of sulfonamides is 1. The molecule has 0 radical (unpaired) electrons. The van der Waals surface area contributed by atoms with Gasteiger partial charge in [0.2, 0.25) is 10.0 Å². The van der Waals surface area contributed by atoms with Crippen LogP contribution in [0.3, 0.4) is 0 Å². The van der Waals surface area contributed by atoms with Gasteiger partial charge in [0.1, 0.15) is 5.82 Å². The van der Waals surface area contributed by atoms with Crippen LogP contribution in [0.4, 0.5) is 10.1 Å². The molecule has 3 rings (SSSR count). The first-order chi connectivity index (χ1) is 12.4. The molecule has 1 aliphatic heterocycles. The standard InChI is InChI=1S/C17H18FN3O4S/c1-25-15-5-6-21(11-15)26(23,24)16-4-2-3-12(7-16)17(22)20-14-8-13(18)9-19-10-14/h2-4,7-10,15H,5-6,11H2,1H3,(H,20,22)/t15-/m1/s1. The van der Waals surface area contributed by atoms with E-state index in [1.807, 2.05) is 0 Å². The summed E-state index contributed by atoms with van der Waals surface area (Å²) in [4.78, 5) is 16.0. The quantitative estimate of drug-likeness (QED) is 0.857. The van der Waals surface area contributed by atoms with E-state index in [0.717, 1.165) is 12.3 Å². The summed E-state index contributed by atoms with van der Waals surface area (Å²) in [6.07, 6.45) is 2.82. The van der Waals surface area contributed by atoms with E-state index in [0.29, 0.717) is 13.0 Å². The van der Waals surface area contributed by atoms with E-state index < -0.39 is 21.7 Å². The van der Waals surface area contributed by atoms with Gasteiger partial charge in [-0.1, -0.05) is 6.07 Å². The number of amides is 1. The summed E-state index contributed by atoms with van der Waals surface area (Å²) >= 11 is 0. The van der Waals surface area contributed by atoms with E-state index >= 15 is 0 Å². The Labute approximate surface area is 150 Å². The van der Waals surface area contributed by atoms with Crippen molar-refractivity contribution in [3.05, 3.63) is 54.1 Å².